The molecule has 1 aliphatic carbocycles. The van der Waals surface area contributed by atoms with Crippen LogP contribution < -0.4 is 5.32 Å². The number of hydrogen-bond donors (Lipinski definition) is 1. The highest BCUT2D eigenvalue weighted by Gasteiger charge is 2.14. The van der Waals surface area contributed by atoms with Crippen LogP contribution >= 0.6 is 0 Å². The lowest BCUT2D eigenvalue weighted by molar-refractivity contribution is 0.0579. The monoisotopic (exact) mass is 320 g/mol. The van der Waals surface area contributed by atoms with Crippen LogP contribution in [-0.4, -0.2) is 48.3 Å². The molecule has 1 aliphatic rings. The zero-order valence-corrected chi connectivity index (χ0v) is 14.9. The van der Waals surface area contributed by atoms with Gasteiger partial charge in [0.15, 0.2) is 5.96 Å². The van der Waals surface area contributed by atoms with Gasteiger partial charge in [0.1, 0.15) is 0 Å². The molecule has 1 aromatic rings. The predicted molar refractivity (Wildman–Crippen MR) is 95.7 cm³/mol. The summed E-state index contributed by atoms with van der Waals surface area (Å²) in [6.45, 7) is 5.49. The number of aryl methyl sites for hydroxylation is 1. The molecule has 0 amide bonds. The maximum absolute atomic E-state index is 5.90. The van der Waals surface area contributed by atoms with Crippen LogP contribution in [-0.2, 0) is 18.3 Å². The lowest BCUT2D eigenvalue weighted by Crippen LogP contribution is -2.39. The van der Waals surface area contributed by atoms with Gasteiger partial charge in [-0.2, -0.15) is 0 Å². The van der Waals surface area contributed by atoms with Gasteiger partial charge in [-0.05, 0) is 38.3 Å². The van der Waals surface area contributed by atoms with Crippen LogP contribution in [0.2, 0.25) is 0 Å². The van der Waals surface area contributed by atoms with E-state index in [1.807, 2.05) is 0 Å². The second kappa shape index (κ2) is 9.60. The minimum Gasteiger partial charge on any atom is -0.378 e. The van der Waals surface area contributed by atoms with Gasteiger partial charge in [-0.15, -0.1) is 0 Å². The number of nitrogens with zero attached hydrogens (tertiary/aromatic N) is 3. The molecule has 0 spiro atoms. The number of ether oxygens (including phenoxy) is 1. The van der Waals surface area contributed by atoms with E-state index in [1.54, 1.807) is 0 Å². The van der Waals surface area contributed by atoms with Crippen LogP contribution in [0, 0.1) is 0 Å². The van der Waals surface area contributed by atoms with Crippen molar-refractivity contribution in [2.45, 2.75) is 51.7 Å². The van der Waals surface area contributed by atoms with Gasteiger partial charge in [-0.25, -0.2) is 0 Å². The van der Waals surface area contributed by atoms with Crippen molar-refractivity contribution in [1.82, 2.24) is 14.8 Å². The van der Waals surface area contributed by atoms with Crippen molar-refractivity contribution >= 4 is 5.96 Å². The number of guanidine groups is 1. The first-order valence-corrected chi connectivity index (χ1v) is 8.92. The molecule has 0 atom stereocenters. The minimum absolute atomic E-state index is 0.507. The Hall–Kier alpha value is -1.49. The molecule has 1 fully saturated rings. The first-order chi connectivity index (χ1) is 11.2. The minimum atomic E-state index is 0.507. The van der Waals surface area contributed by atoms with Gasteiger partial charge in [-0.1, -0.05) is 12.8 Å². The Bertz CT molecular complexity index is 477. The highest BCUT2D eigenvalue weighted by molar-refractivity contribution is 5.79. The average molecular weight is 320 g/mol. The molecular weight excluding hydrogens is 288 g/mol. The molecule has 0 unspecified atom stereocenters. The normalized spacial score (nSPS) is 16.0. The standard InChI is InChI=1S/C18H32N4O/c1-4-19-18(22(3)15-16-9-7-13-21(16)2)20-12-8-14-23-17-10-5-6-11-17/h7,9,13,17H,4-6,8,10-12,14-15H2,1-3H3,(H,19,20). The van der Waals surface area contributed by atoms with E-state index < -0.39 is 0 Å². The van der Waals surface area contributed by atoms with Gasteiger partial charge in [0.05, 0.1) is 12.6 Å². The van der Waals surface area contributed by atoms with Crippen molar-refractivity contribution < 1.29 is 4.74 Å². The summed E-state index contributed by atoms with van der Waals surface area (Å²) < 4.78 is 8.05. The van der Waals surface area contributed by atoms with Crippen molar-refractivity contribution in [3.63, 3.8) is 0 Å². The number of rotatable bonds is 8. The van der Waals surface area contributed by atoms with Crippen molar-refractivity contribution in [3.05, 3.63) is 24.0 Å². The number of aromatic nitrogens is 1. The number of nitrogens with one attached hydrogen (secondary N) is 1. The van der Waals surface area contributed by atoms with E-state index >= 15 is 0 Å². The summed E-state index contributed by atoms with van der Waals surface area (Å²) >= 11 is 0. The molecular formula is C18H32N4O. The van der Waals surface area contributed by atoms with Crippen molar-refractivity contribution in [3.8, 4) is 0 Å². The quantitative estimate of drug-likeness (QED) is 0.455. The fourth-order valence-corrected chi connectivity index (χ4v) is 3.00. The zero-order valence-electron chi connectivity index (χ0n) is 14.9. The molecule has 1 saturated carbocycles. The van der Waals surface area contributed by atoms with Crippen molar-refractivity contribution in [1.29, 1.82) is 0 Å². The molecule has 0 saturated heterocycles. The maximum atomic E-state index is 5.90. The van der Waals surface area contributed by atoms with Crippen LogP contribution in [0.15, 0.2) is 23.3 Å². The van der Waals surface area contributed by atoms with E-state index in [4.69, 9.17) is 9.73 Å². The van der Waals surface area contributed by atoms with E-state index in [9.17, 15) is 0 Å². The van der Waals surface area contributed by atoms with E-state index in [0.29, 0.717) is 6.10 Å². The molecule has 1 heterocycles. The Morgan fingerprint density at radius 1 is 1.43 bits per heavy atom. The van der Waals surface area contributed by atoms with Gasteiger partial charge < -0.3 is 19.5 Å². The van der Waals surface area contributed by atoms with E-state index in [0.717, 1.165) is 38.6 Å². The van der Waals surface area contributed by atoms with Gasteiger partial charge in [0, 0.05) is 45.7 Å². The molecule has 23 heavy (non-hydrogen) atoms. The third kappa shape index (κ3) is 5.90. The molecule has 5 nitrogen and oxygen atoms in total. The molecule has 5 heteroatoms. The lowest BCUT2D eigenvalue weighted by Gasteiger charge is -2.22. The molecule has 0 aliphatic heterocycles. The van der Waals surface area contributed by atoms with E-state index in [1.165, 1.54) is 31.4 Å². The maximum Gasteiger partial charge on any atom is 0.194 e. The predicted octanol–water partition coefficient (Wildman–Crippen LogP) is 2.77. The summed E-state index contributed by atoms with van der Waals surface area (Å²) in [4.78, 5) is 6.91. The van der Waals surface area contributed by atoms with Crippen LogP contribution in [0.4, 0.5) is 0 Å². The summed E-state index contributed by atoms with van der Waals surface area (Å²) in [6.07, 6.45) is 8.72. The number of hydrogen-bond acceptors (Lipinski definition) is 2. The molecule has 130 valence electrons. The molecule has 1 aromatic heterocycles. The van der Waals surface area contributed by atoms with Gasteiger partial charge >= 0.3 is 0 Å². The van der Waals surface area contributed by atoms with Crippen LogP contribution in [0.1, 0.15) is 44.7 Å². The summed E-state index contributed by atoms with van der Waals surface area (Å²) in [5.41, 5.74) is 1.28. The Kier molecular flexibility index (Phi) is 7.46. The SMILES string of the molecule is CCNC(=NCCCOC1CCCC1)N(C)Cc1cccn1C. The molecule has 1 N–H and O–H groups in total. The lowest BCUT2D eigenvalue weighted by atomic mass is 10.3. The van der Waals surface area contributed by atoms with Gasteiger partial charge in [0.25, 0.3) is 0 Å². The van der Waals surface area contributed by atoms with Gasteiger partial charge in [-0.3, -0.25) is 4.99 Å². The average Bonchev–Trinajstić information content (AvgIpc) is 3.18. The third-order valence-electron chi connectivity index (χ3n) is 4.37. The summed E-state index contributed by atoms with van der Waals surface area (Å²) in [5, 5.41) is 3.37. The Morgan fingerprint density at radius 3 is 2.87 bits per heavy atom. The topological polar surface area (TPSA) is 41.8 Å². The Balaban J connectivity index is 1.75. The van der Waals surface area contributed by atoms with Gasteiger partial charge in [0.2, 0.25) is 0 Å². The Labute approximate surface area is 140 Å². The fraction of sp³-hybridized carbons (Fsp3) is 0.722. The Morgan fingerprint density at radius 2 is 2.22 bits per heavy atom. The zero-order chi connectivity index (χ0) is 16.5. The summed E-state index contributed by atoms with van der Waals surface area (Å²) in [7, 11) is 4.16. The molecule has 0 aromatic carbocycles. The number of aliphatic imine (C=N–C) groups is 1. The van der Waals surface area contributed by atoms with Crippen LogP contribution in [0.5, 0.6) is 0 Å². The highest BCUT2D eigenvalue weighted by Crippen LogP contribution is 2.20. The molecule has 0 radical (unpaired) electrons. The van der Waals surface area contributed by atoms with E-state index in [2.05, 4.69) is 54.1 Å². The molecule has 0 bridgehead atoms. The summed E-state index contributed by atoms with van der Waals surface area (Å²) in [5.74, 6) is 0.967. The van der Waals surface area contributed by atoms with Crippen LogP contribution in [0.3, 0.4) is 0 Å². The first kappa shape index (κ1) is 17.9. The fourth-order valence-electron chi connectivity index (χ4n) is 3.00. The van der Waals surface area contributed by atoms with Crippen LogP contribution in [0.25, 0.3) is 0 Å². The van der Waals surface area contributed by atoms with Crippen molar-refractivity contribution in [2.24, 2.45) is 12.0 Å². The smallest absolute Gasteiger partial charge is 0.194 e. The first-order valence-electron chi connectivity index (χ1n) is 8.92. The highest BCUT2D eigenvalue weighted by atomic mass is 16.5. The second-order valence-electron chi connectivity index (χ2n) is 6.33. The molecule has 2 rings (SSSR count). The van der Waals surface area contributed by atoms with E-state index in [-0.39, 0.29) is 0 Å². The third-order valence-corrected chi connectivity index (χ3v) is 4.37. The summed E-state index contributed by atoms with van der Waals surface area (Å²) in [6, 6.07) is 4.23. The largest absolute Gasteiger partial charge is 0.378 e. The van der Waals surface area contributed by atoms with Crippen molar-refractivity contribution in [2.75, 3.05) is 26.7 Å². The second-order valence-corrected chi connectivity index (χ2v) is 6.33.